The lowest BCUT2D eigenvalue weighted by Crippen LogP contribution is -2.14. The first kappa shape index (κ1) is 22.2. The molecule has 6 heteroatoms. The molecule has 0 heterocycles. The third-order valence-corrected chi connectivity index (χ3v) is 5.04. The number of hydrogen-bond acceptors (Lipinski definition) is 3. The van der Waals surface area contributed by atoms with E-state index < -0.39 is 0 Å². The van der Waals surface area contributed by atoms with Gasteiger partial charge in [0.25, 0.3) is 0 Å². The highest BCUT2D eigenvalue weighted by Crippen LogP contribution is 2.37. The Kier molecular flexibility index (Phi) is 9.57. The lowest BCUT2D eigenvalue weighted by Gasteiger charge is -2.16. The Balaban J connectivity index is 2.06. The smallest absolute Gasteiger partial charge is 0.180 e. The average Bonchev–Trinajstić information content (AvgIpc) is 2.64. The van der Waals surface area contributed by atoms with Gasteiger partial charge in [-0.2, -0.15) is 0 Å². The van der Waals surface area contributed by atoms with E-state index in [9.17, 15) is 0 Å². The van der Waals surface area contributed by atoms with E-state index in [1.165, 1.54) is 19.3 Å². The van der Waals surface area contributed by atoms with Gasteiger partial charge >= 0.3 is 0 Å². The average molecular weight is 431 g/mol. The highest BCUT2D eigenvalue weighted by Gasteiger charge is 2.13. The van der Waals surface area contributed by atoms with E-state index in [-0.39, 0.29) is 0 Å². The van der Waals surface area contributed by atoms with Crippen LogP contribution in [0.5, 0.6) is 11.5 Å². The Morgan fingerprint density at radius 3 is 2.33 bits per heavy atom. The lowest BCUT2D eigenvalue weighted by molar-refractivity contribution is 0.269. The Hall–Kier alpha value is -1.13. The van der Waals surface area contributed by atoms with Gasteiger partial charge in [-0.15, -0.1) is 0 Å². The molecule has 3 nitrogen and oxygen atoms in total. The lowest BCUT2D eigenvalue weighted by atomic mass is 10.2. The molecule has 2 aromatic carbocycles. The van der Waals surface area contributed by atoms with E-state index in [2.05, 4.69) is 12.2 Å². The fourth-order valence-corrected chi connectivity index (χ4v) is 3.25. The summed E-state index contributed by atoms with van der Waals surface area (Å²) in [4.78, 5) is 0. The highest BCUT2D eigenvalue weighted by molar-refractivity contribution is 6.42. The number of benzene rings is 2. The van der Waals surface area contributed by atoms with Crippen LogP contribution < -0.4 is 14.8 Å². The number of halogens is 3. The molecule has 0 spiro atoms. The predicted molar refractivity (Wildman–Crippen MR) is 115 cm³/mol. The maximum Gasteiger partial charge on any atom is 0.180 e. The molecule has 0 aromatic heterocycles. The van der Waals surface area contributed by atoms with Crippen LogP contribution in [0, 0.1) is 0 Å². The molecular formula is C21H26Cl3NO2. The number of hydrogen-bond donors (Lipinski definition) is 1. The van der Waals surface area contributed by atoms with E-state index in [0.29, 0.717) is 39.8 Å². The van der Waals surface area contributed by atoms with Gasteiger partial charge in [0.15, 0.2) is 11.5 Å². The minimum Gasteiger partial charge on any atom is -0.490 e. The molecule has 0 fully saturated rings. The standard InChI is InChI=1S/C21H26Cl3NO2/c1-3-5-6-9-25-13-16-11-19(24)21(20(12-16)26-4-2)27-14-15-7-8-17(22)18(23)10-15/h7-8,10-12,25H,3-6,9,13-14H2,1-2H3. The molecule has 0 bridgehead atoms. The Bertz CT molecular complexity index is 738. The van der Waals surface area contributed by atoms with Crippen molar-refractivity contribution in [3.05, 3.63) is 56.5 Å². The topological polar surface area (TPSA) is 30.5 Å². The quantitative estimate of drug-likeness (QED) is 0.393. The molecule has 148 valence electrons. The van der Waals surface area contributed by atoms with Crippen LogP contribution in [0.25, 0.3) is 0 Å². The van der Waals surface area contributed by atoms with Crippen LogP contribution in [0.3, 0.4) is 0 Å². The van der Waals surface area contributed by atoms with Crippen molar-refractivity contribution < 1.29 is 9.47 Å². The van der Waals surface area contributed by atoms with Crippen molar-refractivity contribution in [1.82, 2.24) is 5.32 Å². The van der Waals surface area contributed by atoms with Gasteiger partial charge in [-0.25, -0.2) is 0 Å². The second kappa shape index (κ2) is 11.7. The SMILES string of the molecule is CCCCCNCc1cc(Cl)c(OCc2ccc(Cl)c(Cl)c2)c(OCC)c1. The van der Waals surface area contributed by atoms with Crippen LogP contribution >= 0.6 is 34.8 Å². The molecule has 0 aliphatic heterocycles. The minimum atomic E-state index is 0.325. The molecule has 0 aliphatic rings. The maximum atomic E-state index is 6.48. The van der Waals surface area contributed by atoms with Gasteiger partial charge < -0.3 is 14.8 Å². The first-order chi connectivity index (χ1) is 13.0. The molecule has 0 atom stereocenters. The summed E-state index contributed by atoms with van der Waals surface area (Å²) in [6.07, 6.45) is 3.62. The zero-order chi connectivity index (χ0) is 19.6. The van der Waals surface area contributed by atoms with E-state index in [1.54, 1.807) is 12.1 Å². The van der Waals surface area contributed by atoms with Crippen LogP contribution in [0.15, 0.2) is 30.3 Å². The van der Waals surface area contributed by atoms with Crippen molar-refractivity contribution in [3.63, 3.8) is 0 Å². The van der Waals surface area contributed by atoms with Crippen molar-refractivity contribution in [2.75, 3.05) is 13.2 Å². The van der Waals surface area contributed by atoms with Gasteiger partial charge in [-0.3, -0.25) is 0 Å². The van der Waals surface area contributed by atoms with Crippen LogP contribution in [0.2, 0.25) is 15.1 Å². The van der Waals surface area contributed by atoms with E-state index >= 15 is 0 Å². The first-order valence-electron chi connectivity index (χ1n) is 9.27. The van der Waals surface area contributed by atoms with Gasteiger partial charge in [0, 0.05) is 6.54 Å². The van der Waals surface area contributed by atoms with Crippen LogP contribution in [-0.2, 0) is 13.2 Å². The summed E-state index contributed by atoms with van der Waals surface area (Å²) in [5.74, 6) is 1.19. The molecule has 0 saturated carbocycles. The molecule has 0 unspecified atom stereocenters. The Morgan fingerprint density at radius 2 is 1.63 bits per heavy atom. The normalized spacial score (nSPS) is 10.9. The molecule has 0 aliphatic carbocycles. The number of nitrogens with one attached hydrogen (secondary N) is 1. The first-order valence-corrected chi connectivity index (χ1v) is 10.4. The summed E-state index contributed by atoms with van der Waals surface area (Å²) in [6, 6.07) is 9.30. The maximum absolute atomic E-state index is 6.48. The summed E-state index contributed by atoms with van der Waals surface area (Å²) in [5, 5.41) is 4.99. The van der Waals surface area contributed by atoms with Crippen LogP contribution in [-0.4, -0.2) is 13.2 Å². The summed E-state index contributed by atoms with van der Waals surface area (Å²) in [6.45, 7) is 6.73. The van der Waals surface area contributed by atoms with E-state index in [4.69, 9.17) is 44.3 Å². The third kappa shape index (κ3) is 7.08. The molecule has 0 radical (unpaired) electrons. The monoisotopic (exact) mass is 429 g/mol. The van der Waals surface area contributed by atoms with Crippen LogP contribution in [0.4, 0.5) is 0 Å². The molecule has 1 N–H and O–H groups in total. The minimum absolute atomic E-state index is 0.325. The van der Waals surface area contributed by atoms with Crippen molar-refractivity contribution in [3.8, 4) is 11.5 Å². The van der Waals surface area contributed by atoms with E-state index in [1.807, 2.05) is 25.1 Å². The van der Waals surface area contributed by atoms with Gasteiger partial charge in [0.2, 0.25) is 0 Å². The van der Waals surface area contributed by atoms with Gasteiger partial charge in [-0.1, -0.05) is 60.6 Å². The van der Waals surface area contributed by atoms with Gasteiger partial charge in [-0.05, 0) is 55.3 Å². The summed E-state index contributed by atoms with van der Waals surface area (Å²) < 4.78 is 11.7. The van der Waals surface area contributed by atoms with Crippen molar-refractivity contribution >= 4 is 34.8 Å². The highest BCUT2D eigenvalue weighted by atomic mass is 35.5. The molecule has 2 aromatic rings. The zero-order valence-corrected chi connectivity index (χ0v) is 18.1. The summed E-state index contributed by atoms with van der Waals surface area (Å²) >= 11 is 18.5. The number of ether oxygens (including phenoxy) is 2. The van der Waals surface area contributed by atoms with Crippen LogP contribution in [0.1, 0.15) is 44.2 Å². The van der Waals surface area contributed by atoms with Crippen molar-refractivity contribution in [2.24, 2.45) is 0 Å². The van der Waals surface area contributed by atoms with Crippen molar-refractivity contribution in [1.29, 1.82) is 0 Å². The third-order valence-electron chi connectivity index (χ3n) is 4.02. The van der Waals surface area contributed by atoms with Gasteiger partial charge in [0.05, 0.1) is 21.7 Å². The second-order valence-corrected chi connectivity index (χ2v) is 7.48. The largest absolute Gasteiger partial charge is 0.490 e. The molecule has 27 heavy (non-hydrogen) atoms. The van der Waals surface area contributed by atoms with Gasteiger partial charge in [0.1, 0.15) is 6.61 Å². The molecule has 0 saturated heterocycles. The predicted octanol–water partition coefficient (Wildman–Crippen LogP) is 6.90. The summed E-state index contributed by atoms with van der Waals surface area (Å²) in [7, 11) is 0. The number of unbranched alkanes of at least 4 members (excludes halogenated alkanes) is 2. The second-order valence-electron chi connectivity index (χ2n) is 6.26. The van der Waals surface area contributed by atoms with Crippen molar-refractivity contribution in [2.45, 2.75) is 46.3 Å². The molecule has 2 rings (SSSR count). The zero-order valence-electron chi connectivity index (χ0n) is 15.8. The fraction of sp³-hybridized carbons (Fsp3) is 0.429. The Labute approximate surface area is 176 Å². The fourth-order valence-electron chi connectivity index (χ4n) is 2.64. The molecule has 0 amide bonds. The molecular weight excluding hydrogens is 405 g/mol. The summed E-state index contributed by atoms with van der Waals surface area (Å²) in [5.41, 5.74) is 1.98. The van der Waals surface area contributed by atoms with E-state index in [0.717, 1.165) is 24.2 Å². The number of rotatable bonds is 11. The Morgan fingerprint density at radius 1 is 0.852 bits per heavy atom.